The van der Waals surface area contributed by atoms with Crippen LogP contribution in [-0.2, 0) is 6.54 Å². The highest BCUT2D eigenvalue weighted by Gasteiger charge is 2.19. The van der Waals surface area contributed by atoms with Crippen molar-refractivity contribution < 1.29 is 9.47 Å². The number of hydrogen-bond acceptors (Lipinski definition) is 4. The number of ether oxygens (including phenoxy) is 2. The molecule has 0 spiro atoms. The fourth-order valence-electron chi connectivity index (χ4n) is 1.69. The Morgan fingerprint density at radius 3 is 2.47 bits per heavy atom. The van der Waals surface area contributed by atoms with E-state index in [1.165, 1.54) is 0 Å². The zero-order valence-corrected chi connectivity index (χ0v) is 12.9. The molecule has 1 atom stereocenters. The lowest BCUT2D eigenvalue weighted by molar-refractivity contribution is 0.251. The quantitative estimate of drug-likeness (QED) is 0.860. The van der Waals surface area contributed by atoms with Crippen molar-refractivity contribution in [1.82, 2.24) is 10.3 Å². The Kier molecular flexibility index (Phi) is 5.60. The molecule has 0 amide bonds. The minimum absolute atomic E-state index is 0.304. The molecular formula is C15H26N2O2. The van der Waals surface area contributed by atoms with E-state index in [0.29, 0.717) is 23.6 Å². The van der Waals surface area contributed by atoms with Crippen molar-refractivity contribution in [1.29, 1.82) is 0 Å². The van der Waals surface area contributed by atoms with Gasteiger partial charge in [-0.05, 0) is 17.9 Å². The molecule has 0 saturated carbocycles. The summed E-state index contributed by atoms with van der Waals surface area (Å²) in [6.45, 7) is 10.6. The van der Waals surface area contributed by atoms with Crippen molar-refractivity contribution in [3.05, 3.63) is 18.0 Å². The first-order chi connectivity index (χ1) is 8.90. The summed E-state index contributed by atoms with van der Waals surface area (Å²) in [7, 11) is 3.28. The molecule has 0 aliphatic carbocycles. The van der Waals surface area contributed by atoms with E-state index in [0.717, 1.165) is 18.0 Å². The Bertz CT molecular complexity index is 400. The second kappa shape index (κ2) is 6.75. The van der Waals surface area contributed by atoms with Gasteiger partial charge in [0, 0.05) is 18.8 Å². The highest BCUT2D eigenvalue weighted by molar-refractivity contribution is 5.42. The van der Waals surface area contributed by atoms with Gasteiger partial charge in [0.1, 0.15) is 0 Å². The van der Waals surface area contributed by atoms with Crippen molar-refractivity contribution in [3.63, 3.8) is 0 Å². The molecular weight excluding hydrogens is 240 g/mol. The van der Waals surface area contributed by atoms with Crippen LogP contribution in [0.15, 0.2) is 12.3 Å². The summed E-state index contributed by atoms with van der Waals surface area (Å²) in [6.07, 6.45) is 1.74. The number of pyridine rings is 1. The van der Waals surface area contributed by atoms with Gasteiger partial charge in [-0.3, -0.25) is 4.98 Å². The number of methoxy groups -OCH3 is 2. The van der Waals surface area contributed by atoms with E-state index in [2.05, 4.69) is 38.0 Å². The van der Waals surface area contributed by atoms with Crippen molar-refractivity contribution >= 4 is 0 Å². The number of nitrogens with zero attached hydrogens (tertiary/aromatic N) is 1. The molecule has 1 aromatic heterocycles. The van der Waals surface area contributed by atoms with Gasteiger partial charge in [0.25, 0.3) is 0 Å². The van der Waals surface area contributed by atoms with Crippen LogP contribution in [-0.4, -0.2) is 25.7 Å². The minimum Gasteiger partial charge on any atom is -0.493 e. The van der Waals surface area contributed by atoms with Crippen LogP contribution < -0.4 is 14.8 Å². The molecule has 4 heteroatoms. The van der Waals surface area contributed by atoms with E-state index in [9.17, 15) is 0 Å². The fourth-order valence-corrected chi connectivity index (χ4v) is 1.69. The van der Waals surface area contributed by atoms with Crippen molar-refractivity contribution in [2.24, 2.45) is 11.3 Å². The molecule has 19 heavy (non-hydrogen) atoms. The molecule has 4 nitrogen and oxygen atoms in total. The molecule has 0 bridgehead atoms. The molecule has 1 heterocycles. The summed E-state index contributed by atoms with van der Waals surface area (Å²) in [5.41, 5.74) is 1.18. The first-order valence-corrected chi connectivity index (χ1v) is 6.66. The molecule has 1 N–H and O–H groups in total. The summed E-state index contributed by atoms with van der Waals surface area (Å²) < 4.78 is 10.6. The molecule has 0 radical (unpaired) electrons. The second-order valence-corrected chi connectivity index (χ2v) is 5.89. The van der Waals surface area contributed by atoms with Gasteiger partial charge in [-0.1, -0.05) is 27.7 Å². The van der Waals surface area contributed by atoms with E-state index >= 15 is 0 Å². The maximum Gasteiger partial charge on any atom is 0.183 e. The Hall–Kier alpha value is -1.29. The smallest absolute Gasteiger partial charge is 0.183 e. The molecule has 1 unspecified atom stereocenters. The van der Waals surface area contributed by atoms with Crippen molar-refractivity contribution in [3.8, 4) is 11.5 Å². The van der Waals surface area contributed by atoms with E-state index in [1.54, 1.807) is 26.5 Å². The highest BCUT2D eigenvalue weighted by Crippen LogP contribution is 2.29. The monoisotopic (exact) mass is 266 g/mol. The molecule has 0 fully saturated rings. The highest BCUT2D eigenvalue weighted by atomic mass is 16.5. The van der Waals surface area contributed by atoms with Gasteiger partial charge >= 0.3 is 0 Å². The summed E-state index contributed by atoms with van der Waals surface area (Å²) in [5.74, 6) is 2.02. The largest absolute Gasteiger partial charge is 0.493 e. The summed E-state index contributed by atoms with van der Waals surface area (Å²) in [4.78, 5) is 4.35. The summed E-state index contributed by atoms with van der Waals surface area (Å²) in [5, 5.41) is 3.44. The van der Waals surface area contributed by atoms with Crippen LogP contribution in [0.25, 0.3) is 0 Å². The first-order valence-electron chi connectivity index (χ1n) is 6.66. The number of nitrogens with one attached hydrogen (secondary N) is 1. The number of hydrogen-bond donors (Lipinski definition) is 1. The van der Waals surface area contributed by atoms with Crippen molar-refractivity contribution in [2.45, 2.75) is 34.2 Å². The van der Waals surface area contributed by atoms with Crippen LogP contribution in [0.4, 0.5) is 0 Å². The SMILES string of the molecule is COc1ccnc(CNCC(C)C(C)(C)C)c1OC. The predicted octanol–water partition coefficient (Wildman–Crippen LogP) is 2.87. The Labute approximate surface area is 116 Å². The van der Waals surface area contributed by atoms with Gasteiger partial charge in [-0.25, -0.2) is 0 Å². The average molecular weight is 266 g/mol. The Morgan fingerprint density at radius 1 is 1.26 bits per heavy atom. The normalized spacial score (nSPS) is 13.2. The lowest BCUT2D eigenvalue weighted by atomic mass is 9.82. The topological polar surface area (TPSA) is 43.4 Å². The van der Waals surface area contributed by atoms with Crippen LogP contribution in [0.2, 0.25) is 0 Å². The van der Waals surface area contributed by atoms with E-state index in [-0.39, 0.29) is 0 Å². The van der Waals surface area contributed by atoms with Crippen LogP contribution in [0, 0.1) is 11.3 Å². The lowest BCUT2D eigenvalue weighted by Gasteiger charge is -2.27. The first kappa shape index (κ1) is 15.8. The van der Waals surface area contributed by atoms with E-state index in [1.807, 2.05) is 0 Å². The zero-order chi connectivity index (χ0) is 14.5. The Morgan fingerprint density at radius 2 is 1.95 bits per heavy atom. The molecule has 108 valence electrons. The number of rotatable bonds is 6. The van der Waals surface area contributed by atoms with Gasteiger partial charge in [-0.15, -0.1) is 0 Å². The van der Waals surface area contributed by atoms with Crippen molar-refractivity contribution in [2.75, 3.05) is 20.8 Å². The molecule has 0 aliphatic rings. The zero-order valence-electron chi connectivity index (χ0n) is 12.9. The van der Waals surface area contributed by atoms with E-state index in [4.69, 9.17) is 9.47 Å². The molecule has 1 aromatic rings. The van der Waals surface area contributed by atoms with Crippen LogP contribution in [0.1, 0.15) is 33.4 Å². The number of aromatic nitrogens is 1. The minimum atomic E-state index is 0.304. The van der Waals surface area contributed by atoms with Crippen LogP contribution in [0.5, 0.6) is 11.5 Å². The standard InChI is InChI=1S/C15H26N2O2/c1-11(15(2,3)4)9-16-10-12-14(19-6)13(18-5)7-8-17-12/h7-8,11,16H,9-10H2,1-6H3. The predicted molar refractivity (Wildman–Crippen MR) is 77.7 cm³/mol. The molecule has 0 aromatic carbocycles. The third kappa shape index (κ3) is 4.39. The molecule has 1 rings (SSSR count). The van der Waals surface area contributed by atoms with Gasteiger partial charge in [0.2, 0.25) is 0 Å². The fraction of sp³-hybridized carbons (Fsp3) is 0.667. The Balaban J connectivity index is 2.63. The van der Waals surface area contributed by atoms with Gasteiger partial charge < -0.3 is 14.8 Å². The second-order valence-electron chi connectivity index (χ2n) is 5.89. The van der Waals surface area contributed by atoms with Gasteiger partial charge in [0.15, 0.2) is 11.5 Å². The maximum absolute atomic E-state index is 5.36. The average Bonchev–Trinajstić information content (AvgIpc) is 2.37. The summed E-state index contributed by atoms with van der Waals surface area (Å²) in [6, 6.07) is 1.81. The van der Waals surface area contributed by atoms with Gasteiger partial charge in [-0.2, -0.15) is 0 Å². The third-order valence-electron chi connectivity index (χ3n) is 3.59. The summed E-state index contributed by atoms with van der Waals surface area (Å²) >= 11 is 0. The van der Waals surface area contributed by atoms with Gasteiger partial charge in [0.05, 0.1) is 19.9 Å². The maximum atomic E-state index is 5.36. The third-order valence-corrected chi connectivity index (χ3v) is 3.59. The van der Waals surface area contributed by atoms with E-state index < -0.39 is 0 Å². The lowest BCUT2D eigenvalue weighted by Crippen LogP contribution is -2.29. The van der Waals surface area contributed by atoms with Crippen LogP contribution >= 0.6 is 0 Å². The molecule has 0 saturated heterocycles. The molecule has 0 aliphatic heterocycles. The van der Waals surface area contributed by atoms with Crippen LogP contribution in [0.3, 0.4) is 0 Å².